The fourth-order valence-electron chi connectivity index (χ4n) is 0.552. The average molecular weight is 267 g/mol. The molecule has 0 aliphatic heterocycles. The van der Waals surface area contributed by atoms with Gasteiger partial charge in [0.2, 0.25) is 0 Å². The Hall–Kier alpha value is -0.261. The predicted octanol–water partition coefficient (Wildman–Crippen LogP) is -0.200. The quantitative estimate of drug-likeness (QED) is 0.534. The van der Waals surface area contributed by atoms with Crippen LogP contribution in [0.1, 0.15) is 25.7 Å². The summed E-state index contributed by atoms with van der Waals surface area (Å²) in [6, 6.07) is 0. The van der Waals surface area contributed by atoms with Gasteiger partial charge in [-0.1, -0.05) is 0 Å². The van der Waals surface area contributed by atoms with Crippen molar-refractivity contribution in [1.82, 2.24) is 0 Å². The summed E-state index contributed by atoms with van der Waals surface area (Å²) in [7, 11) is 0. The Morgan fingerprint density at radius 2 is 1.18 bits per heavy atom. The van der Waals surface area contributed by atoms with Crippen molar-refractivity contribution in [2.45, 2.75) is 25.7 Å². The zero-order chi connectivity index (χ0) is 7.98. The summed E-state index contributed by atoms with van der Waals surface area (Å²) in [5.74, 6) is -1.74. The maximum absolute atomic E-state index is 9.90. The number of unbranched alkanes of at least 4 members (excludes halogenated alkanes) is 1. The summed E-state index contributed by atoms with van der Waals surface area (Å²) in [5.41, 5.74) is 0. The van der Waals surface area contributed by atoms with Crippen LogP contribution in [0, 0.1) is 0 Å². The standard InChI is InChI=1S/C6H10O4.Sn.2H/c7-5(8)3-1-2-4-6(9)10;;;/h1-4H2,(H,7,8)(H,9,10);;;. The van der Waals surface area contributed by atoms with Gasteiger partial charge in [-0.05, 0) is 12.8 Å². The molecule has 4 nitrogen and oxygen atoms in total. The number of carbonyl (C=O) groups is 2. The third-order valence-corrected chi connectivity index (χ3v) is 1.03. The normalized spacial score (nSPS) is 8.36. The number of rotatable bonds is 5. The van der Waals surface area contributed by atoms with Gasteiger partial charge < -0.3 is 10.2 Å². The van der Waals surface area contributed by atoms with Crippen LogP contribution in [0.15, 0.2) is 0 Å². The van der Waals surface area contributed by atoms with Crippen LogP contribution in [0.4, 0.5) is 0 Å². The second-order valence-corrected chi connectivity index (χ2v) is 1.99. The zero-order valence-electron chi connectivity index (χ0n) is 6.25. The molecule has 0 heterocycles. The zero-order valence-corrected chi connectivity index (χ0v) is 10.3. The average Bonchev–Trinajstić information content (AvgIpc) is 1.79. The van der Waals surface area contributed by atoms with E-state index in [0.29, 0.717) is 12.8 Å². The van der Waals surface area contributed by atoms with Crippen molar-refractivity contribution < 1.29 is 19.8 Å². The molecule has 0 atom stereocenters. The van der Waals surface area contributed by atoms with Crippen molar-refractivity contribution in [3.05, 3.63) is 0 Å². The van der Waals surface area contributed by atoms with Crippen LogP contribution in [0.25, 0.3) is 0 Å². The van der Waals surface area contributed by atoms with Gasteiger partial charge in [-0.3, -0.25) is 9.59 Å². The molecule has 64 valence electrons. The molecule has 0 saturated heterocycles. The molecule has 0 fully saturated rings. The van der Waals surface area contributed by atoms with Crippen LogP contribution in [0.5, 0.6) is 0 Å². The first-order valence-electron chi connectivity index (χ1n) is 3.06. The third-order valence-electron chi connectivity index (χ3n) is 1.03. The third kappa shape index (κ3) is 12.8. The Labute approximate surface area is 81.6 Å². The van der Waals surface area contributed by atoms with E-state index in [1.54, 1.807) is 0 Å². The minimum atomic E-state index is -0.870. The van der Waals surface area contributed by atoms with Crippen molar-refractivity contribution in [3.63, 3.8) is 0 Å². The predicted molar refractivity (Wildman–Crippen MR) is 42.3 cm³/mol. The van der Waals surface area contributed by atoms with E-state index >= 15 is 0 Å². The Kier molecular flexibility index (Phi) is 9.51. The summed E-state index contributed by atoms with van der Waals surface area (Å²) in [5, 5.41) is 16.3. The van der Waals surface area contributed by atoms with Gasteiger partial charge in [-0.25, -0.2) is 0 Å². The molecule has 0 aromatic carbocycles. The van der Waals surface area contributed by atoms with Gasteiger partial charge in [-0.15, -0.1) is 0 Å². The van der Waals surface area contributed by atoms with Gasteiger partial charge in [0, 0.05) is 12.8 Å². The van der Waals surface area contributed by atoms with E-state index in [1.807, 2.05) is 0 Å². The fraction of sp³-hybridized carbons (Fsp3) is 0.667. The van der Waals surface area contributed by atoms with Crippen molar-refractivity contribution in [2.75, 3.05) is 0 Å². The molecular weight excluding hydrogens is 255 g/mol. The summed E-state index contributed by atoms with van der Waals surface area (Å²) in [4.78, 5) is 19.8. The number of carboxylic acid groups (broad SMARTS) is 2. The van der Waals surface area contributed by atoms with Crippen LogP contribution in [0.2, 0.25) is 0 Å². The monoisotopic (exact) mass is 268 g/mol. The van der Waals surface area contributed by atoms with Crippen LogP contribution < -0.4 is 0 Å². The van der Waals surface area contributed by atoms with Gasteiger partial charge in [0.15, 0.2) is 0 Å². The minimum absolute atomic E-state index is 0. The Balaban J connectivity index is 0. The molecule has 0 aliphatic carbocycles. The van der Waals surface area contributed by atoms with Gasteiger partial charge in [0.1, 0.15) is 0 Å². The second-order valence-electron chi connectivity index (χ2n) is 1.99. The SMILES string of the molecule is O=C(O)CCCCC(=O)O.[SnH2]. The number of aliphatic carboxylic acids is 2. The van der Waals surface area contributed by atoms with Crippen molar-refractivity contribution in [1.29, 1.82) is 0 Å². The molecule has 2 radical (unpaired) electrons. The van der Waals surface area contributed by atoms with Gasteiger partial charge in [-0.2, -0.15) is 0 Å². The Morgan fingerprint density at radius 1 is 0.909 bits per heavy atom. The summed E-state index contributed by atoms with van der Waals surface area (Å²) < 4.78 is 0. The number of carboxylic acids is 2. The first-order valence-corrected chi connectivity index (χ1v) is 3.06. The summed E-state index contributed by atoms with van der Waals surface area (Å²) in [6.45, 7) is 0. The fourth-order valence-corrected chi connectivity index (χ4v) is 0.552. The van der Waals surface area contributed by atoms with Crippen molar-refractivity contribution >= 4 is 35.8 Å². The van der Waals surface area contributed by atoms with Gasteiger partial charge in [0.25, 0.3) is 0 Å². The van der Waals surface area contributed by atoms with E-state index in [2.05, 4.69) is 0 Å². The Bertz CT molecular complexity index is 119. The molecule has 2 N–H and O–H groups in total. The first-order chi connectivity index (χ1) is 4.63. The van der Waals surface area contributed by atoms with E-state index in [1.165, 1.54) is 0 Å². The molecule has 0 unspecified atom stereocenters. The molecule has 0 aromatic heterocycles. The van der Waals surface area contributed by atoms with Gasteiger partial charge >= 0.3 is 35.8 Å². The molecule has 0 amide bonds. The molecule has 0 bridgehead atoms. The molecule has 0 spiro atoms. The van der Waals surface area contributed by atoms with E-state index in [9.17, 15) is 9.59 Å². The van der Waals surface area contributed by atoms with Crippen LogP contribution >= 0.6 is 0 Å². The Morgan fingerprint density at radius 3 is 1.36 bits per heavy atom. The first kappa shape index (κ1) is 13.3. The van der Waals surface area contributed by atoms with Crippen LogP contribution in [-0.4, -0.2) is 46.1 Å². The second kappa shape index (κ2) is 7.84. The maximum atomic E-state index is 9.90. The van der Waals surface area contributed by atoms with Crippen LogP contribution in [0.3, 0.4) is 0 Å². The van der Waals surface area contributed by atoms with E-state index in [0.717, 1.165) is 0 Å². The van der Waals surface area contributed by atoms with E-state index in [4.69, 9.17) is 10.2 Å². The molecule has 5 heteroatoms. The molecule has 0 aliphatic rings. The van der Waals surface area contributed by atoms with Crippen molar-refractivity contribution in [3.8, 4) is 0 Å². The molecular formula is C6H12O4Sn. The molecule has 0 aromatic rings. The van der Waals surface area contributed by atoms with Crippen LogP contribution in [-0.2, 0) is 9.59 Å². The van der Waals surface area contributed by atoms with E-state index < -0.39 is 11.9 Å². The molecule has 0 saturated carbocycles. The van der Waals surface area contributed by atoms with Gasteiger partial charge in [0.05, 0.1) is 0 Å². The van der Waals surface area contributed by atoms with Crippen molar-refractivity contribution in [2.24, 2.45) is 0 Å². The topological polar surface area (TPSA) is 74.6 Å². The number of hydrogen-bond donors (Lipinski definition) is 2. The van der Waals surface area contributed by atoms with E-state index in [-0.39, 0.29) is 36.7 Å². The summed E-state index contributed by atoms with van der Waals surface area (Å²) in [6.07, 6.45) is 1.02. The number of hydrogen-bond acceptors (Lipinski definition) is 2. The molecule has 11 heavy (non-hydrogen) atoms. The summed E-state index contributed by atoms with van der Waals surface area (Å²) >= 11 is 0. The molecule has 0 rings (SSSR count).